The van der Waals surface area contributed by atoms with E-state index in [1.54, 1.807) is 0 Å². The monoisotopic (exact) mass is 317 g/mol. The molecule has 1 heterocycles. The lowest BCUT2D eigenvalue weighted by atomic mass is 10.0. The molecule has 0 saturated heterocycles. The number of benzene rings is 3. The van der Waals surface area contributed by atoms with Crippen LogP contribution in [0.1, 0.15) is 25.3 Å². The third kappa shape index (κ3) is 2.60. The average molecular weight is 317 g/mol. The fourth-order valence-electron chi connectivity index (χ4n) is 2.99. The van der Waals surface area contributed by atoms with Crippen LogP contribution in [0.3, 0.4) is 0 Å². The Kier molecular flexibility index (Phi) is 3.55. The number of fused-ring (bicyclic) bond motifs is 3. The second-order valence-corrected chi connectivity index (χ2v) is 7.26. The molecule has 0 saturated carbocycles. The van der Waals surface area contributed by atoms with Crippen molar-refractivity contribution < 1.29 is 0 Å². The second-order valence-electron chi connectivity index (χ2n) is 6.18. The quantitative estimate of drug-likeness (QED) is 0.432. The molecule has 1 nitrogen and oxygen atoms in total. The van der Waals surface area contributed by atoms with Crippen LogP contribution in [0.25, 0.3) is 20.2 Å². The van der Waals surface area contributed by atoms with E-state index in [0.29, 0.717) is 5.92 Å². The summed E-state index contributed by atoms with van der Waals surface area (Å²) < 4.78 is 2.67. The van der Waals surface area contributed by atoms with Crippen molar-refractivity contribution in [2.45, 2.75) is 19.8 Å². The van der Waals surface area contributed by atoms with Crippen molar-refractivity contribution >= 4 is 42.9 Å². The predicted octanol–water partition coefficient (Wildman–Crippen LogP) is 6.92. The molecule has 0 atom stereocenters. The molecule has 0 bridgehead atoms. The van der Waals surface area contributed by atoms with E-state index in [1.165, 1.54) is 31.4 Å². The van der Waals surface area contributed by atoms with Gasteiger partial charge in [0.15, 0.2) is 0 Å². The van der Waals surface area contributed by atoms with Crippen molar-refractivity contribution in [1.29, 1.82) is 0 Å². The zero-order valence-electron chi connectivity index (χ0n) is 13.3. The second kappa shape index (κ2) is 5.71. The fourth-order valence-corrected chi connectivity index (χ4v) is 4.12. The summed E-state index contributed by atoms with van der Waals surface area (Å²) in [6.07, 6.45) is 0. The number of thiophene rings is 1. The van der Waals surface area contributed by atoms with Gasteiger partial charge in [0.1, 0.15) is 0 Å². The van der Waals surface area contributed by atoms with Gasteiger partial charge in [-0.15, -0.1) is 11.3 Å². The highest BCUT2D eigenvalue weighted by atomic mass is 32.1. The molecule has 0 fully saturated rings. The molecule has 0 unspecified atom stereocenters. The highest BCUT2D eigenvalue weighted by molar-refractivity contribution is 7.25. The minimum atomic E-state index is 0.563. The van der Waals surface area contributed by atoms with Crippen molar-refractivity contribution in [3.05, 3.63) is 72.3 Å². The lowest BCUT2D eigenvalue weighted by Gasteiger charge is -2.10. The van der Waals surface area contributed by atoms with Crippen LogP contribution in [-0.4, -0.2) is 0 Å². The maximum Gasteiger partial charge on any atom is 0.0478 e. The van der Waals surface area contributed by atoms with Crippen LogP contribution < -0.4 is 5.32 Å². The number of rotatable bonds is 3. The molecule has 4 rings (SSSR count). The van der Waals surface area contributed by atoms with Gasteiger partial charge in [-0.05, 0) is 41.8 Å². The van der Waals surface area contributed by atoms with Gasteiger partial charge >= 0.3 is 0 Å². The molecule has 2 heteroatoms. The normalized spacial score (nSPS) is 11.4. The Morgan fingerprint density at radius 2 is 1.52 bits per heavy atom. The first kappa shape index (κ1) is 14.3. The first-order valence-electron chi connectivity index (χ1n) is 7.99. The molecule has 0 amide bonds. The molecule has 0 aliphatic heterocycles. The first-order valence-corrected chi connectivity index (χ1v) is 8.81. The smallest absolute Gasteiger partial charge is 0.0478 e. The maximum atomic E-state index is 3.60. The minimum Gasteiger partial charge on any atom is -0.355 e. The van der Waals surface area contributed by atoms with Crippen LogP contribution in [0.15, 0.2) is 66.7 Å². The Morgan fingerprint density at radius 3 is 2.30 bits per heavy atom. The summed E-state index contributed by atoms with van der Waals surface area (Å²) in [4.78, 5) is 0. The Balaban J connectivity index is 1.79. The Labute approximate surface area is 140 Å². The van der Waals surface area contributed by atoms with E-state index in [-0.39, 0.29) is 0 Å². The van der Waals surface area contributed by atoms with Gasteiger partial charge in [0.25, 0.3) is 0 Å². The van der Waals surface area contributed by atoms with Crippen molar-refractivity contribution in [1.82, 2.24) is 0 Å². The Hall–Kier alpha value is -2.32. The van der Waals surface area contributed by atoms with Gasteiger partial charge in [-0.25, -0.2) is 0 Å². The molecule has 0 aliphatic rings. The summed E-state index contributed by atoms with van der Waals surface area (Å²) in [6, 6.07) is 23.9. The van der Waals surface area contributed by atoms with Crippen molar-refractivity contribution in [3.63, 3.8) is 0 Å². The van der Waals surface area contributed by atoms with E-state index in [0.717, 1.165) is 5.69 Å². The van der Waals surface area contributed by atoms with Gasteiger partial charge in [0, 0.05) is 31.5 Å². The average Bonchev–Trinajstić information content (AvgIpc) is 2.95. The van der Waals surface area contributed by atoms with Crippen molar-refractivity contribution in [3.8, 4) is 0 Å². The molecule has 4 aromatic rings. The van der Waals surface area contributed by atoms with Crippen LogP contribution in [0.2, 0.25) is 0 Å². The number of nitrogens with one attached hydrogen (secondary N) is 1. The van der Waals surface area contributed by atoms with Crippen LogP contribution >= 0.6 is 11.3 Å². The summed E-state index contributed by atoms with van der Waals surface area (Å²) >= 11 is 1.85. The van der Waals surface area contributed by atoms with E-state index in [1.807, 2.05) is 11.3 Å². The summed E-state index contributed by atoms with van der Waals surface area (Å²) in [7, 11) is 0. The summed E-state index contributed by atoms with van der Waals surface area (Å²) in [5, 5.41) is 6.25. The van der Waals surface area contributed by atoms with Crippen LogP contribution in [-0.2, 0) is 0 Å². The third-order valence-electron chi connectivity index (χ3n) is 4.26. The molecular formula is C21H19NS. The van der Waals surface area contributed by atoms with E-state index in [9.17, 15) is 0 Å². The molecule has 1 N–H and O–H groups in total. The number of anilines is 2. The van der Waals surface area contributed by atoms with Crippen LogP contribution in [0, 0.1) is 0 Å². The van der Waals surface area contributed by atoms with Crippen molar-refractivity contribution in [2.24, 2.45) is 0 Å². The summed E-state index contributed by atoms with van der Waals surface area (Å²) in [5.74, 6) is 0.563. The Morgan fingerprint density at radius 1 is 0.783 bits per heavy atom. The molecule has 114 valence electrons. The van der Waals surface area contributed by atoms with Gasteiger partial charge in [-0.1, -0.05) is 50.2 Å². The van der Waals surface area contributed by atoms with Crippen LogP contribution in [0.5, 0.6) is 0 Å². The van der Waals surface area contributed by atoms with E-state index >= 15 is 0 Å². The zero-order valence-corrected chi connectivity index (χ0v) is 14.2. The largest absolute Gasteiger partial charge is 0.355 e. The van der Waals surface area contributed by atoms with Crippen molar-refractivity contribution in [2.75, 3.05) is 5.32 Å². The Bertz CT molecular complexity index is 964. The molecule has 0 radical (unpaired) electrons. The minimum absolute atomic E-state index is 0.563. The molecule has 1 aromatic heterocycles. The molecular weight excluding hydrogens is 298 g/mol. The van der Waals surface area contributed by atoms with Gasteiger partial charge in [0.05, 0.1) is 0 Å². The van der Waals surface area contributed by atoms with Gasteiger partial charge in [0.2, 0.25) is 0 Å². The van der Waals surface area contributed by atoms with Crippen LogP contribution in [0.4, 0.5) is 11.4 Å². The predicted molar refractivity (Wildman–Crippen MR) is 103 cm³/mol. The lowest BCUT2D eigenvalue weighted by Crippen LogP contribution is -1.92. The zero-order chi connectivity index (χ0) is 15.8. The van der Waals surface area contributed by atoms with Gasteiger partial charge in [-0.3, -0.25) is 0 Å². The maximum absolute atomic E-state index is 3.60. The molecule has 23 heavy (non-hydrogen) atoms. The molecule has 0 spiro atoms. The highest BCUT2D eigenvalue weighted by Crippen LogP contribution is 2.39. The van der Waals surface area contributed by atoms with E-state index in [4.69, 9.17) is 0 Å². The SMILES string of the molecule is CC(C)c1ccc(Nc2cccc3sc4ccccc4c23)cc1. The third-order valence-corrected chi connectivity index (χ3v) is 5.39. The topological polar surface area (TPSA) is 12.0 Å². The first-order chi connectivity index (χ1) is 11.2. The fraction of sp³-hybridized carbons (Fsp3) is 0.143. The summed E-state index contributed by atoms with van der Waals surface area (Å²) in [5.41, 5.74) is 3.68. The standard InChI is InChI=1S/C21H19NS/c1-14(2)15-10-12-16(13-11-15)22-18-7-5-9-20-21(18)17-6-3-4-8-19(17)23-20/h3-14,22H,1-2H3. The lowest BCUT2D eigenvalue weighted by molar-refractivity contribution is 0.867. The van der Waals surface area contributed by atoms with Gasteiger partial charge in [-0.2, -0.15) is 0 Å². The van der Waals surface area contributed by atoms with Gasteiger partial charge < -0.3 is 5.32 Å². The molecule has 0 aliphatic carbocycles. The number of hydrogen-bond donors (Lipinski definition) is 1. The van der Waals surface area contributed by atoms with E-state index < -0.39 is 0 Å². The number of hydrogen-bond acceptors (Lipinski definition) is 2. The van der Waals surface area contributed by atoms with E-state index in [2.05, 4.69) is 85.9 Å². The summed E-state index contributed by atoms with van der Waals surface area (Å²) in [6.45, 7) is 4.45. The highest BCUT2D eigenvalue weighted by Gasteiger charge is 2.09. The molecule has 3 aromatic carbocycles.